The molecule has 138 valence electrons. The van der Waals surface area contributed by atoms with Crippen LogP contribution in [0.1, 0.15) is 0 Å². The first kappa shape index (κ1) is 19.4. The molecule has 25 heavy (non-hydrogen) atoms. The Kier molecular flexibility index (Phi) is 4.77. The molecule has 0 saturated carbocycles. The van der Waals surface area contributed by atoms with E-state index in [0.717, 1.165) is 0 Å². The van der Waals surface area contributed by atoms with Gasteiger partial charge in [-0.1, -0.05) is 0 Å². The van der Waals surface area contributed by atoms with E-state index in [-0.39, 0.29) is 0 Å². The molecule has 0 heterocycles. The molecule has 0 amide bonds. The molecule has 0 radical (unpaired) electrons. The van der Waals surface area contributed by atoms with E-state index < -0.39 is 80.8 Å². The van der Waals surface area contributed by atoms with Crippen LogP contribution < -0.4 is 8.92 Å². The van der Waals surface area contributed by atoms with Crippen molar-refractivity contribution in [1.29, 1.82) is 0 Å². The predicted octanol–water partition coefficient (Wildman–Crippen LogP) is 3.57. The average molecular weight is 451 g/mol. The van der Waals surface area contributed by atoms with E-state index in [2.05, 4.69) is 0 Å². The van der Waals surface area contributed by atoms with E-state index in [9.17, 15) is 51.0 Å². The van der Waals surface area contributed by atoms with Crippen molar-refractivity contribution in [3.8, 4) is 0 Å². The Hall–Kier alpha value is -1.88. The first-order valence-electron chi connectivity index (χ1n) is 5.61. The monoisotopic (exact) mass is 452 g/mol. The van der Waals surface area contributed by atoms with Crippen molar-refractivity contribution in [1.82, 2.24) is 0 Å². The van der Waals surface area contributed by atoms with Crippen molar-refractivity contribution in [3.05, 3.63) is 58.2 Å². The summed E-state index contributed by atoms with van der Waals surface area (Å²) < 4.78 is 154. The molecule has 2 aromatic carbocycles. The first-order chi connectivity index (χ1) is 11.4. The van der Waals surface area contributed by atoms with Crippen LogP contribution in [0.3, 0.4) is 0 Å². The van der Waals surface area contributed by atoms with Gasteiger partial charge in [0, 0.05) is 0 Å². The van der Waals surface area contributed by atoms with Crippen LogP contribution in [0.25, 0.3) is 0 Å². The summed E-state index contributed by atoms with van der Waals surface area (Å²) in [6.07, 6.45) is 0. The molecule has 0 saturated heterocycles. The molecular formula is C12F12Se. The second-order valence-electron chi connectivity index (χ2n) is 4.27. The van der Waals surface area contributed by atoms with E-state index in [1.165, 1.54) is 0 Å². The summed E-state index contributed by atoms with van der Waals surface area (Å²) in [6.45, 7) is 0. The summed E-state index contributed by atoms with van der Waals surface area (Å²) in [5, 5.41) is 0. The van der Waals surface area contributed by atoms with Crippen LogP contribution in [-0.2, 0) is 0 Å². The zero-order valence-corrected chi connectivity index (χ0v) is 12.7. The van der Waals surface area contributed by atoms with Gasteiger partial charge in [0.1, 0.15) is 0 Å². The molecule has 13 heteroatoms. The third kappa shape index (κ3) is 2.65. The fourth-order valence-electron chi connectivity index (χ4n) is 1.72. The average Bonchev–Trinajstić information content (AvgIpc) is 2.54. The van der Waals surface area contributed by atoms with Crippen LogP contribution in [0.5, 0.6) is 0 Å². The number of hydrogen-bond acceptors (Lipinski definition) is 0. The molecule has 2 rings (SSSR count). The summed E-state index contributed by atoms with van der Waals surface area (Å²) in [5.41, 5.74) is 0. The summed E-state index contributed by atoms with van der Waals surface area (Å²) in [4.78, 5) is 0. The van der Waals surface area contributed by atoms with Crippen molar-refractivity contribution in [3.63, 3.8) is 0 Å². The fourth-order valence-corrected chi connectivity index (χ4v) is 4.79. The summed E-state index contributed by atoms with van der Waals surface area (Å²) in [7, 11) is 0. The van der Waals surface area contributed by atoms with Crippen LogP contribution in [0, 0.1) is 58.2 Å². The topological polar surface area (TPSA) is 0 Å². The maximum atomic E-state index is 14.2. The van der Waals surface area contributed by atoms with E-state index in [4.69, 9.17) is 0 Å². The molecule has 0 bridgehead atoms. The zero-order chi connectivity index (χ0) is 19.4. The third-order valence-electron chi connectivity index (χ3n) is 2.85. The van der Waals surface area contributed by atoms with E-state index in [1.54, 1.807) is 0 Å². The normalized spacial score (nSPS) is 12.6. The van der Waals surface area contributed by atoms with Crippen LogP contribution in [-0.4, -0.2) is 13.8 Å². The number of rotatable bonds is 2. The molecule has 0 spiro atoms. The van der Waals surface area contributed by atoms with Gasteiger partial charge in [-0.25, -0.2) is 0 Å². The molecular weight excluding hydrogens is 451 g/mol. The Morgan fingerprint density at radius 1 is 0.320 bits per heavy atom. The second-order valence-corrected chi connectivity index (χ2v) is 7.95. The molecule has 0 unspecified atom stereocenters. The Morgan fingerprint density at radius 2 is 0.480 bits per heavy atom. The minimum absolute atomic E-state index is 2.84. The summed E-state index contributed by atoms with van der Waals surface area (Å²) in [5.74, 6) is -29.7. The Labute approximate surface area is 132 Å². The van der Waals surface area contributed by atoms with E-state index in [0.29, 0.717) is 0 Å². The van der Waals surface area contributed by atoms with Gasteiger partial charge < -0.3 is 0 Å². The van der Waals surface area contributed by atoms with Crippen molar-refractivity contribution < 1.29 is 51.0 Å². The first-order valence-corrected chi connectivity index (χ1v) is 8.61. The fraction of sp³-hybridized carbons (Fsp3) is 0. The standard InChI is InChI=1S/C12F12Se/c13-1-3(15)7(19)11(8(20)4(1)16)25(23,24)12-9(21)5(17)2(14)6(18)10(12)22. The number of benzene rings is 2. The van der Waals surface area contributed by atoms with Crippen molar-refractivity contribution in [2.24, 2.45) is 0 Å². The van der Waals surface area contributed by atoms with Gasteiger partial charge in [0.25, 0.3) is 0 Å². The third-order valence-corrected chi connectivity index (χ3v) is 6.51. The van der Waals surface area contributed by atoms with Gasteiger partial charge in [-0.05, 0) is 0 Å². The van der Waals surface area contributed by atoms with Crippen molar-refractivity contribution in [2.45, 2.75) is 0 Å². The van der Waals surface area contributed by atoms with E-state index in [1.807, 2.05) is 0 Å². The van der Waals surface area contributed by atoms with Crippen LogP contribution in [0.15, 0.2) is 0 Å². The van der Waals surface area contributed by atoms with Crippen LogP contribution in [0.4, 0.5) is 51.0 Å². The van der Waals surface area contributed by atoms with Gasteiger partial charge in [-0.15, -0.1) is 0 Å². The molecule has 0 aliphatic heterocycles. The second kappa shape index (κ2) is 6.13. The SMILES string of the molecule is Fc1c(F)c(F)c([Se](F)(F)c2c(F)c(F)c(F)c(F)c2F)c(F)c1F. The molecule has 0 aliphatic rings. The van der Waals surface area contributed by atoms with Gasteiger partial charge >= 0.3 is 132 Å². The zero-order valence-electron chi connectivity index (χ0n) is 10.9. The van der Waals surface area contributed by atoms with E-state index >= 15 is 0 Å². The maximum absolute atomic E-state index is 14.2. The van der Waals surface area contributed by atoms with Crippen LogP contribution in [0.2, 0.25) is 0 Å². The summed E-state index contributed by atoms with van der Waals surface area (Å²) in [6, 6.07) is 0. The Balaban J connectivity index is 2.96. The summed E-state index contributed by atoms with van der Waals surface area (Å²) >= 11 is -7.82. The van der Waals surface area contributed by atoms with Gasteiger partial charge in [0.05, 0.1) is 0 Å². The minimum atomic E-state index is -7.82. The van der Waals surface area contributed by atoms with Gasteiger partial charge in [0.2, 0.25) is 0 Å². The molecule has 0 nitrogen and oxygen atoms in total. The van der Waals surface area contributed by atoms with Gasteiger partial charge in [-0.3, -0.25) is 0 Å². The van der Waals surface area contributed by atoms with Crippen molar-refractivity contribution in [2.75, 3.05) is 0 Å². The number of halogens is 12. The molecule has 0 aromatic heterocycles. The quantitative estimate of drug-likeness (QED) is 0.284. The van der Waals surface area contributed by atoms with Gasteiger partial charge in [0.15, 0.2) is 0 Å². The van der Waals surface area contributed by atoms with Crippen molar-refractivity contribution >= 4 is 22.7 Å². The molecule has 2 aromatic rings. The molecule has 0 aliphatic carbocycles. The molecule has 0 fully saturated rings. The Morgan fingerprint density at radius 3 is 0.680 bits per heavy atom. The Bertz CT molecular complexity index is 761. The van der Waals surface area contributed by atoms with Crippen LogP contribution >= 0.6 is 0 Å². The number of hydrogen-bond donors (Lipinski definition) is 0. The predicted molar refractivity (Wildman–Crippen MR) is 59.7 cm³/mol. The molecule has 0 N–H and O–H groups in total. The van der Waals surface area contributed by atoms with Gasteiger partial charge in [-0.2, -0.15) is 0 Å². The molecule has 0 atom stereocenters.